The number of ether oxygens (including phenoxy) is 3. The van der Waals surface area contributed by atoms with Crippen LogP contribution in [-0.2, 0) is 4.74 Å². The molecule has 8 heteroatoms. The van der Waals surface area contributed by atoms with Crippen molar-refractivity contribution >= 4 is 23.5 Å². The SMILES string of the molecule is COc1cc(NC(=O)NCC#Cc2ccc(N3CCOC3=O)cc2)cc(OC)c1. The first-order valence-corrected chi connectivity index (χ1v) is 8.90. The van der Waals surface area contributed by atoms with Gasteiger partial charge in [0.1, 0.15) is 18.1 Å². The zero-order valence-corrected chi connectivity index (χ0v) is 16.2. The Hall–Kier alpha value is -3.86. The Bertz CT molecular complexity index is 925. The predicted octanol–water partition coefficient (Wildman–Crippen LogP) is 2.83. The van der Waals surface area contributed by atoms with E-state index in [0.29, 0.717) is 30.3 Å². The van der Waals surface area contributed by atoms with Crippen LogP contribution in [0.15, 0.2) is 42.5 Å². The fraction of sp³-hybridized carbons (Fsp3) is 0.238. The average Bonchev–Trinajstić information content (AvgIpc) is 3.17. The number of carbonyl (C=O) groups excluding carboxylic acids is 2. The van der Waals surface area contributed by atoms with Gasteiger partial charge in [0.15, 0.2) is 0 Å². The molecule has 3 rings (SSSR count). The number of anilines is 2. The maximum atomic E-state index is 12.0. The standard InChI is InChI=1S/C21H21N3O5/c1-27-18-12-16(13-19(14-18)28-2)23-20(25)22-9-3-4-15-5-7-17(8-6-15)24-10-11-29-21(24)26/h5-8,12-14H,9-11H2,1-2H3,(H2,22,23,25). The van der Waals surface area contributed by atoms with Crippen LogP contribution >= 0.6 is 0 Å². The van der Waals surface area contributed by atoms with Gasteiger partial charge in [0.2, 0.25) is 0 Å². The fourth-order valence-electron chi connectivity index (χ4n) is 2.68. The number of hydrogen-bond donors (Lipinski definition) is 2. The molecule has 1 heterocycles. The summed E-state index contributed by atoms with van der Waals surface area (Å²) < 4.78 is 15.3. The molecule has 8 nitrogen and oxygen atoms in total. The second-order valence-corrected chi connectivity index (χ2v) is 6.02. The molecule has 1 saturated heterocycles. The van der Waals surface area contributed by atoms with Crippen molar-refractivity contribution in [2.45, 2.75) is 0 Å². The van der Waals surface area contributed by atoms with E-state index in [1.807, 2.05) is 24.3 Å². The van der Waals surface area contributed by atoms with Gasteiger partial charge in [0, 0.05) is 35.1 Å². The molecule has 1 aliphatic rings. The van der Waals surface area contributed by atoms with E-state index in [1.54, 1.807) is 23.1 Å². The molecular weight excluding hydrogens is 374 g/mol. The lowest BCUT2D eigenvalue weighted by atomic mass is 10.2. The van der Waals surface area contributed by atoms with E-state index in [9.17, 15) is 9.59 Å². The maximum Gasteiger partial charge on any atom is 0.414 e. The molecule has 0 unspecified atom stereocenters. The third kappa shape index (κ3) is 5.32. The van der Waals surface area contributed by atoms with Crippen LogP contribution < -0.4 is 25.0 Å². The third-order valence-electron chi connectivity index (χ3n) is 4.12. The summed E-state index contributed by atoms with van der Waals surface area (Å²) in [5, 5.41) is 5.37. The predicted molar refractivity (Wildman–Crippen MR) is 109 cm³/mol. The van der Waals surface area contributed by atoms with Gasteiger partial charge in [-0.25, -0.2) is 9.59 Å². The van der Waals surface area contributed by atoms with Crippen LogP contribution in [0.25, 0.3) is 0 Å². The minimum Gasteiger partial charge on any atom is -0.497 e. The Balaban J connectivity index is 1.51. The van der Waals surface area contributed by atoms with Crippen molar-refractivity contribution in [2.75, 3.05) is 44.1 Å². The molecule has 3 amide bonds. The lowest BCUT2D eigenvalue weighted by Gasteiger charge is -2.12. The molecule has 0 bridgehead atoms. The zero-order chi connectivity index (χ0) is 20.6. The first kappa shape index (κ1) is 19.9. The maximum absolute atomic E-state index is 12.0. The second kappa shape index (κ2) is 9.37. The molecule has 29 heavy (non-hydrogen) atoms. The molecule has 1 fully saturated rings. The Morgan fingerprint density at radius 2 is 1.83 bits per heavy atom. The Morgan fingerprint density at radius 3 is 2.41 bits per heavy atom. The minimum atomic E-state index is -0.391. The molecular formula is C21H21N3O5. The summed E-state index contributed by atoms with van der Waals surface area (Å²) in [7, 11) is 3.08. The fourth-order valence-corrected chi connectivity index (χ4v) is 2.68. The van der Waals surface area contributed by atoms with E-state index in [0.717, 1.165) is 11.3 Å². The molecule has 2 aromatic rings. The topological polar surface area (TPSA) is 89.1 Å². The van der Waals surface area contributed by atoms with Crippen LogP contribution in [0.2, 0.25) is 0 Å². The normalized spacial score (nSPS) is 12.5. The van der Waals surface area contributed by atoms with Gasteiger partial charge in [-0.3, -0.25) is 4.90 Å². The van der Waals surface area contributed by atoms with Crippen molar-refractivity contribution in [1.29, 1.82) is 0 Å². The summed E-state index contributed by atoms with van der Waals surface area (Å²) in [6.07, 6.45) is -0.340. The molecule has 0 radical (unpaired) electrons. The second-order valence-electron chi connectivity index (χ2n) is 6.02. The number of carbonyl (C=O) groups is 2. The first-order valence-electron chi connectivity index (χ1n) is 8.90. The lowest BCUT2D eigenvalue weighted by Crippen LogP contribution is -2.28. The Morgan fingerprint density at radius 1 is 1.14 bits per heavy atom. The quantitative estimate of drug-likeness (QED) is 0.760. The highest BCUT2D eigenvalue weighted by Gasteiger charge is 2.23. The number of nitrogens with zero attached hydrogens (tertiary/aromatic N) is 1. The number of amides is 3. The largest absolute Gasteiger partial charge is 0.497 e. The van der Waals surface area contributed by atoms with Gasteiger partial charge >= 0.3 is 12.1 Å². The molecule has 2 N–H and O–H groups in total. The molecule has 0 spiro atoms. The van der Waals surface area contributed by atoms with Crippen LogP contribution in [-0.4, -0.2) is 46.0 Å². The summed E-state index contributed by atoms with van der Waals surface area (Å²) in [5.41, 5.74) is 2.09. The number of nitrogens with one attached hydrogen (secondary N) is 2. The first-order chi connectivity index (χ1) is 14.1. The van der Waals surface area contributed by atoms with Crippen molar-refractivity contribution in [2.24, 2.45) is 0 Å². The number of benzene rings is 2. The Kier molecular flexibility index (Phi) is 6.43. The number of hydrogen-bond acceptors (Lipinski definition) is 5. The Labute approximate surface area is 168 Å². The average molecular weight is 395 g/mol. The van der Waals surface area contributed by atoms with Crippen LogP contribution in [0.3, 0.4) is 0 Å². The van der Waals surface area contributed by atoms with Crippen LogP contribution in [0.4, 0.5) is 21.0 Å². The summed E-state index contributed by atoms with van der Waals surface area (Å²) in [6, 6.07) is 12.0. The molecule has 2 aromatic carbocycles. The van der Waals surface area contributed by atoms with Crippen molar-refractivity contribution < 1.29 is 23.8 Å². The monoisotopic (exact) mass is 395 g/mol. The molecule has 0 saturated carbocycles. The summed E-state index contributed by atoms with van der Waals surface area (Å²) in [5.74, 6) is 7.00. The van der Waals surface area contributed by atoms with Crippen molar-refractivity contribution in [3.8, 4) is 23.3 Å². The molecule has 0 atom stereocenters. The van der Waals surface area contributed by atoms with Gasteiger partial charge < -0.3 is 24.8 Å². The van der Waals surface area contributed by atoms with E-state index < -0.39 is 6.03 Å². The highest BCUT2D eigenvalue weighted by Crippen LogP contribution is 2.25. The molecule has 0 aromatic heterocycles. The molecule has 1 aliphatic heterocycles. The van der Waals surface area contributed by atoms with Crippen LogP contribution in [0.1, 0.15) is 5.56 Å². The van der Waals surface area contributed by atoms with Gasteiger partial charge in [0.05, 0.1) is 27.3 Å². The van der Waals surface area contributed by atoms with Gasteiger partial charge in [-0.15, -0.1) is 0 Å². The summed E-state index contributed by atoms with van der Waals surface area (Å²) >= 11 is 0. The number of rotatable bonds is 5. The van der Waals surface area contributed by atoms with Crippen LogP contribution in [0, 0.1) is 11.8 Å². The van der Waals surface area contributed by atoms with Crippen LogP contribution in [0.5, 0.6) is 11.5 Å². The summed E-state index contributed by atoms with van der Waals surface area (Å²) in [6.45, 7) is 1.12. The number of urea groups is 1. The van der Waals surface area contributed by atoms with Crippen molar-refractivity contribution in [3.63, 3.8) is 0 Å². The zero-order valence-electron chi connectivity index (χ0n) is 16.2. The van der Waals surface area contributed by atoms with E-state index in [-0.39, 0.29) is 12.6 Å². The smallest absolute Gasteiger partial charge is 0.414 e. The van der Waals surface area contributed by atoms with E-state index >= 15 is 0 Å². The molecule has 150 valence electrons. The number of methoxy groups -OCH3 is 2. The van der Waals surface area contributed by atoms with Crippen molar-refractivity contribution in [3.05, 3.63) is 48.0 Å². The van der Waals surface area contributed by atoms with Gasteiger partial charge in [-0.1, -0.05) is 11.8 Å². The highest BCUT2D eigenvalue weighted by atomic mass is 16.6. The van der Waals surface area contributed by atoms with Gasteiger partial charge in [0.25, 0.3) is 0 Å². The minimum absolute atomic E-state index is 0.174. The van der Waals surface area contributed by atoms with E-state index in [1.165, 1.54) is 14.2 Å². The van der Waals surface area contributed by atoms with Crippen molar-refractivity contribution in [1.82, 2.24) is 5.32 Å². The van der Waals surface area contributed by atoms with E-state index in [2.05, 4.69) is 22.5 Å². The van der Waals surface area contributed by atoms with E-state index in [4.69, 9.17) is 14.2 Å². The van der Waals surface area contributed by atoms with Gasteiger partial charge in [-0.2, -0.15) is 0 Å². The number of cyclic esters (lactones) is 1. The highest BCUT2D eigenvalue weighted by molar-refractivity contribution is 5.90. The summed E-state index contributed by atoms with van der Waals surface area (Å²) in [4.78, 5) is 25.1. The molecule has 0 aliphatic carbocycles. The lowest BCUT2D eigenvalue weighted by molar-refractivity contribution is 0.181. The van der Waals surface area contributed by atoms with Gasteiger partial charge in [-0.05, 0) is 24.3 Å². The third-order valence-corrected chi connectivity index (χ3v) is 4.12.